The molecule has 1 aromatic heterocycles. The molecule has 2 aromatic rings. The molecule has 0 unspecified atom stereocenters. The highest BCUT2D eigenvalue weighted by molar-refractivity contribution is 7.07. The highest BCUT2D eigenvalue weighted by Gasteiger charge is 2.07. The number of nitrogens with two attached hydrogens (primary N) is 1. The van der Waals surface area contributed by atoms with Gasteiger partial charge in [-0.15, -0.1) is 0 Å². The molecule has 0 aliphatic rings. The van der Waals surface area contributed by atoms with Crippen LogP contribution in [0.25, 0.3) is 0 Å². The molecule has 0 atom stereocenters. The van der Waals surface area contributed by atoms with Crippen LogP contribution < -0.4 is 10.6 Å². The van der Waals surface area contributed by atoms with Crippen LogP contribution in [0.1, 0.15) is 16.8 Å². The van der Waals surface area contributed by atoms with E-state index in [2.05, 4.69) is 11.8 Å². The van der Waals surface area contributed by atoms with Gasteiger partial charge >= 0.3 is 4.87 Å². The number of aromatic nitrogens is 1. The molecule has 0 spiro atoms. The molecule has 3 nitrogen and oxygen atoms in total. The molecule has 0 bridgehead atoms. The molecule has 1 aromatic carbocycles. The van der Waals surface area contributed by atoms with Crippen molar-refractivity contribution in [3.05, 3.63) is 55.9 Å². The van der Waals surface area contributed by atoms with Crippen molar-refractivity contribution in [2.24, 2.45) is 5.73 Å². The highest BCUT2D eigenvalue weighted by Crippen LogP contribution is 2.13. The van der Waals surface area contributed by atoms with E-state index in [0.29, 0.717) is 12.1 Å². The fraction of sp³-hybridized carbons (Fsp3) is 0.214. The lowest BCUT2D eigenvalue weighted by atomic mass is 10.1. The quantitative estimate of drug-likeness (QED) is 0.849. The Labute approximate surface area is 114 Å². The molecule has 0 fully saturated rings. The van der Waals surface area contributed by atoms with Crippen molar-refractivity contribution in [2.75, 3.05) is 6.54 Å². The van der Waals surface area contributed by atoms with E-state index in [4.69, 9.17) is 5.73 Å². The number of halogens is 1. The van der Waals surface area contributed by atoms with Gasteiger partial charge in [-0.2, -0.15) is 0 Å². The van der Waals surface area contributed by atoms with Crippen LogP contribution in [0, 0.1) is 24.6 Å². The van der Waals surface area contributed by atoms with Gasteiger partial charge in [0.05, 0.1) is 13.1 Å². The van der Waals surface area contributed by atoms with Crippen molar-refractivity contribution in [1.82, 2.24) is 4.57 Å². The van der Waals surface area contributed by atoms with Crippen molar-refractivity contribution in [2.45, 2.75) is 13.5 Å². The van der Waals surface area contributed by atoms with Crippen LogP contribution in [-0.4, -0.2) is 11.1 Å². The topological polar surface area (TPSA) is 48.0 Å². The number of hydrogen-bond acceptors (Lipinski definition) is 3. The number of benzene rings is 1. The lowest BCUT2D eigenvalue weighted by Gasteiger charge is -2.07. The molecule has 5 heteroatoms. The van der Waals surface area contributed by atoms with Gasteiger partial charge < -0.3 is 5.73 Å². The monoisotopic (exact) mass is 276 g/mol. The molecule has 0 radical (unpaired) electrons. The predicted octanol–water partition coefficient (Wildman–Crippen LogP) is 1.72. The van der Waals surface area contributed by atoms with Crippen molar-refractivity contribution >= 4 is 11.3 Å². The Kier molecular flexibility index (Phi) is 4.15. The van der Waals surface area contributed by atoms with Crippen LogP contribution >= 0.6 is 11.3 Å². The number of thiazole rings is 1. The minimum atomic E-state index is -0.348. The standard InChI is InChI=1S/C14H13FN2OS/c1-10-9-19-14(18)17(10)8-12-4-5-13(15)7-11(12)3-2-6-16/h4-5,7,9H,6,8,16H2,1H3. The van der Waals surface area contributed by atoms with Gasteiger partial charge in [-0.25, -0.2) is 4.39 Å². The Morgan fingerprint density at radius 1 is 1.47 bits per heavy atom. The third-order valence-electron chi connectivity index (χ3n) is 2.70. The van der Waals surface area contributed by atoms with Crippen molar-refractivity contribution < 1.29 is 4.39 Å². The molecule has 19 heavy (non-hydrogen) atoms. The van der Waals surface area contributed by atoms with Crippen molar-refractivity contribution in [3.63, 3.8) is 0 Å². The summed E-state index contributed by atoms with van der Waals surface area (Å²) in [5, 5.41) is 1.80. The molecule has 98 valence electrons. The highest BCUT2D eigenvalue weighted by atomic mass is 32.1. The zero-order valence-electron chi connectivity index (χ0n) is 10.4. The average molecular weight is 276 g/mol. The maximum absolute atomic E-state index is 13.2. The number of nitrogens with zero attached hydrogens (tertiary/aromatic N) is 1. The first kappa shape index (κ1) is 13.5. The van der Waals surface area contributed by atoms with E-state index in [-0.39, 0.29) is 17.2 Å². The zero-order valence-corrected chi connectivity index (χ0v) is 11.3. The Morgan fingerprint density at radius 3 is 2.89 bits per heavy atom. The molecule has 1 heterocycles. The van der Waals surface area contributed by atoms with Crippen LogP contribution in [0.3, 0.4) is 0 Å². The summed E-state index contributed by atoms with van der Waals surface area (Å²) in [6.45, 7) is 2.48. The molecular formula is C14H13FN2OS. The van der Waals surface area contributed by atoms with Gasteiger partial charge in [-0.05, 0) is 24.6 Å². The Morgan fingerprint density at radius 2 is 2.26 bits per heavy atom. The smallest absolute Gasteiger partial charge is 0.307 e. The summed E-state index contributed by atoms with van der Waals surface area (Å²) in [4.78, 5) is 11.7. The molecule has 2 N–H and O–H groups in total. The van der Waals surface area contributed by atoms with Gasteiger partial charge in [-0.3, -0.25) is 9.36 Å². The van der Waals surface area contributed by atoms with E-state index in [1.54, 1.807) is 16.0 Å². The van der Waals surface area contributed by atoms with Crippen LogP contribution in [0.4, 0.5) is 4.39 Å². The Balaban J connectivity index is 2.43. The number of aryl methyl sites for hydroxylation is 1. The van der Waals surface area contributed by atoms with Crippen LogP contribution in [0.5, 0.6) is 0 Å². The van der Waals surface area contributed by atoms with Crippen molar-refractivity contribution in [3.8, 4) is 11.8 Å². The second-order valence-corrected chi connectivity index (χ2v) is 4.86. The summed E-state index contributed by atoms with van der Waals surface area (Å²) in [5.74, 6) is 5.20. The normalized spacial score (nSPS) is 10.1. The zero-order chi connectivity index (χ0) is 13.8. The Bertz CT molecular complexity index is 706. The summed E-state index contributed by atoms with van der Waals surface area (Å²) in [7, 11) is 0. The van der Waals surface area contributed by atoms with Crippen molar-refractivity contribution in [1.29, 1.82) is 0 Å². The van der Waals surface area contributed by atoms with E-state index in [1.807, 2.05) is 6.92 Å². The van der Waals surface area contributed by atoms with E-state index in [0.717, 1.165) is 22.6 Å². The van der Waals surface area contributed by atoms with Gasteiger partial charge in [0.25, 0.3) is 0 Å². The molecule has 0 aliphatic heterocycles. The van der Waals surface area contributed by atoms with Gasteiger partial charge in [-0.1, -0.05) is 29.2 Å². The first-order valence-electron chi connectivity index (χ1n) is 5.74. The molecule has 2 rings (SSSR count). The summed E-state index contributed by atoms with van der Waals surface area (Å²) in [5.41, 5.74) is 7.60. The second kappa shape index (κ2) is 5.83. The van der Waals surface area contributed by atoms with Gasteiger partial charge in [0, 0.05) is 16.6 Å². The maximum atomic E-state index is 13.2. The van der Waals surface area contributed by atoms with E-state index in [9.17, 15) is 9.18 Å². The fourth-order valence-electron chi connectivity index (χ4n) is 1.72. The minimum Gasteiger partial charge on any atom is -0.320 e. The van der Waals surface area contributed by atoms with Gasteiger partial charge in [0.15, 0.2) is 0 Å². The lowest BCUT2D eigenvalue weighted by Crippen LogP contribution is -2.16. The predicted molar refractivity (Wildman–Crippen MR) is 74.8 cm³/mol. The molecule has 0 saturated heterocycles. The Hall–Kier alpha value is -1.90. The average Bonchev–Trinajstić information content (AvgIpc) is 2.70. The second-order valence-electron chi connectivity index (χ2n) is 4.04. The fourth-order valence-corrected chi connectivity index (χ4v) is 2.45. The first-order valence-corrected chi connectivity index (χ1v) is 6.62. The summed E-state index contributed by atoms with van der Waals surface area (Å²) < 4.78 is 14.9. The van der Waals surface area contributed by atoms with E-state index in [1.165, 1.54) is 12.1 Å². The van der Waals surface area contributed by atoms with Crippen LogP contribution in [-0.2, 0) is 6.54 Å². The minimum absolute atomic E-state index is 0.0282. The summed E-state index contributed by atoms with van der Waals surface area (Å²) >= 11 is 1.15. The molecule has 0 saturated carbocycles. The molecule has 0 amide bonds. The third kappa shape index (κ3) is 3.11. The van der Waals surface area contributed by atoms with Crippen LogP contribution in [0.15, 0.2) is 28.4 Å². The lowest BCUT2D eigenvalue weighted by molar-refractivity contribution is 0.625. The van der Waals surface area contributed by atoms with Crippen LogP contribution in [0.2, 0.25) is 0 Å². The first-order chi connectivity index (χ1) is 9.11. The van der Waals surface area contributed by atoms with E-state index >= 15 is 0 Å². The number of rotatable bonds is 2. The largest absolute Gasteiger partial charge is 0.320 e. The van der Waals surface area contributed by atoms with Gasteiger partial charge in [0.1, 0.15) is 5.82 Å². The molecular weight excluding hydrogens is 263 g/mol. The van der Waals surface area contributed by atoms with Gasteiger partial charge in [0.2, 0.25) is 0 Å². The SMILES string of the molecule is Cc1csc(=O)n1Cc1ccc(F)cc1C#CCN. The summed E-state index contributed by atoms with van der Waals surface area (Å²) in [6.07, 6.45) is 0. The molecule has 0 aliphatic carbocycles. The van der Waals surface area contributed by atoms with E-state index < -0.39 is 0 Å². The third-order valence-corrected chi connectivity index (χ3v) is 3.58. The maximum Gasteiger partial charge on any atom is 0.307 e. The summed E-state index contributed by atoms with van der Waals surface area (Å²) in [6, 6.07) is 4.39. The number of hydrogen-bond donors (Lipinski definition) is 1.